The summed E-state index contributed by atoms with van der Waals surface area (Å²) in [6.45, 7) is 2.27. The normalized spacial score (nSPS) is 11.5. The molecule has 0 saturated carbocycles. The number of halogens is 1. The first-order valence-corrected chi connectivity index (χ1v) is 12.6. The van der Waals surface area contributed by atoms with Crippen LogP contribution >= 0.6 is 11.8 Å². The molecule has 0 radical (unpaired) electrons. The Labute approximate surface area is 214 Å². The van der Waals surface area contributed by atoms with Crippen LogP contribution in [-0.2, 0) is 31.9 Å². The Bertz CT molecular complexity index is 1750. The number of aryl methyl sites for hydroxylation is 2. The van der Waals surface area contributed by atoms with Gasteiger partial charge in [-0.2, -0.15) is 0 Å². The van der Waals surface area contributed by atoms with Gasteiger partial charge in [-0.1, -0.05) is 43.0 Å². The van der Waals surface area contributed by atoms with E-state index in [1.807, 2.05) is 24.3 Å². The van der Waals surface area contributed by atoms with Crippen LogP contribution < -0.4 is 16.6 Å². The average molecular weight is 522 g/mol. The van der Waals surface area contributed by atoms with Crippen molar-refractivity contribution in [1.82, 2.24) is 28.3 Å². The Morgan fingerprint density at radius 1 is 0.973 bits per heavy atom. The average Bonchev–Trinajstić information content (AvgIpc) is 3.45. The molecule has 37 heavy (non-hydrogen) atoms. The van der Waals surface area contributed by atoms with Gasteiger partial charge in [0.05, 0.1) is 12.3 Å². The highest BCUT2D eigenvalue weighted by atomic mass is 32.2. The maximum Gasteiger partial charge on any atom is 0.332 e. The number of rotatable bonds is 7. The summed E-state index contributed by atoms with van der Waals surface area (Å²) in [6, 6.07) is 13.5. The number of benzene rings is 2. The van der Waals surface area contributed by atoms with Gasteiger partial charge < -0.3 is 5.32 Å². The van der Waals surface area contributed by atoms with Crippen LogP contribution in [0.2, 0.25) is 0 Å². The van der Waals surface area contributed by atoms with Gasteiger partial charge in [0.1, 0.15) is 5.82 Å². The predicted octanol–water partition coefficient (Wildman–Crippen LogP) is 2.56. The van der Waals surface area contributed by atoms with Gasteiger partial charge in [-0.25, -0.2) is 13.6 Å². The molecule has 10 nitrogen and oxygen atoms in total. The molecule has 2 aromatic carbocycles. The van der Waals surface area contributed by atoms with Crippen LogP contribution in [0.3, 0.4) is 0 Å². The van der Waals surface area contributed by atoms with Crippen molar-refractivity contribution in [3.8, 4) is 0 Å². The lowest BCUT2D eigenvalue weighted by molar-refractivity contribution is -0.113. The lowest BCUT2D eigenvalue weighted by Gasteiger charge is -2.08. The van der Waals surface area contributed by atoms with E-state index in [0.29, 0.717) is 22.3 Å². The summed E-state index contributed by atoms with van der Waals surface area (Å²) in [4.78, 5) is 38.6. The number of amides is 1. The maximum absolute atomic E-state index is 13.5. The summed E-state index contributed by atoms with van der Waals surface area (Å²) in [5.41, 5.74) is 2.17. The number of fused-ring (bicyclic) bond motifs is 3. The predicted molar refractivity (Wildman–Crippen MR) is 140 cm³/mol. The van der Waals surface area contributed by atoms with E-state index in [-0.39, 0.29) is 29.5 Å². The highest BCUT2D eigenvalue weighted by Crippen LogP contribution is 2.25. The van der Waals surface area contributed by atoms with Crippen molar-refractivity contribution in [2.75, 3.05) is 11.1 Å². The summed E-state index contributed by atoms with van der Waals surface area (Å²) >= 11 is 1.14. The zero-order valence-corrected chi connectivity index (χ0v) is 21.3. The molecule has 5 aromatic rings. The second-order valence-electron chi connectivity index (χ2n) is 8.60. The second kappa shape index (κ2) is 9.69. The van der Waals surface area contributed by atoms with Crippen molar-refractivity contribution in [3.05, 3.63) is 86.3 Å². The fourth-order valence-electron chi connectivity index (χ4n) is 4.20. The van der Waals surface area contributed by atoms with E-state index < -0.39 is 11.2 Å². The minimum Gasteiger partial charge on any atom is -0.325 e. The lowest BCUT2D eigenvalue weighted by atomic mass is 10.1. The zero-order valence-electron chi connectivity index (χ0n) is 20.4. The summed E-state index contributed by atoms with van der Waals surface area (Å²) in [5.74, 6) is -0.230. The molecule has 5 rings (SSSR count). The van der Waals surface area contributed by atoms with Gasteiger partial charge in [0, 0.05) is 19.8 Å². The monoisotopic (exact) mass is 521 g/mol. The molecule has 0 spiro atoms. The van der Waals surface area contributed by atoms with E-state index in [9.17, 15) is 18.8 Å². The fourth-order valence-corrected chi connectivity index (χ4v) is 4.93. The van der Waals surface area contributed by atoms with E-state index in [2.05, 4.69) is 22.4 Å². The molecule has 0 fully saturated rings. The van der Waals surface area contributed by atoms with E-state index in [1.54, 1.807) is 28.1 Å². The molecule has 0 unspecified atom stereocenters. The van der Waals surface area contributed by atoms with Gasteiger partial charge in [0.2, 0.25) is 11.7 Å². The van der Waals surface area contributed by atoms with Gasteiger partial charge in [0.25, 0.3) is 5.56 Å². The molecule has 12 heteroatoms. The molecule has 1 amide bonds. The molecule has 3 aromatic heterocycles. The maximum atomic E-state index is 13.5. The molecule has 0 bridgehead atoms. The summed E-state index contributed by atoms with van der Waals surface area (Å²) in [7, 11) is 2.97. The van der Waals surface area contributed by atoms with Crippen LogP contribution in [0, 0.1) is 5.82 Å². The number of anilines is 1. The van der Waals surface area contributed by atoms with E-state index in [1.165, 1.54) is 29.3 Å². The quantitative estimate of drug-likeness (QED) is 0.330. The molecular weight excluding hydrogens is 497 g/mol. The molecule has 1 N–H and O–H groups in total. The fraction of sp³-hybridized carbons (Fsp3) is 0.240. The standard InChI is InChI=1S/C25H24FN7O3S/c1-4-15-7-11-18(12-8-15)27-19(34)14-37-24-29-28-23-32(13-16-5-9-17(26)10-6-16)20-21(33(23)24)30(2)25(36)31(3)22(20)35/h5-12H,4,13-14H2,1-3H3,(H,27,34). The van der Waals surface area contributed by atoms with Gasteiger partial charge in [-0.15, -0.1) is 10.2 Å². The Hall–Kier alpha value is -4.19. The third-order valence-electron chi connectivity index (χ3n) is 6.18. The highest BCUT2D eigenvalue weighted by molar-refractivity contribution is 7.99. The summed E-state index contributed by atoms with van der Waals surface area (Å²) in [5, 5.41) is 11.7. The molecular formula is C25H24FN7O3S. The van der Waals surface area contributed by atoms with Crippen LogP contribution in [-0.4, -0.2) is 40.0 Å². The number of carbonyl (C=O) groups excluding carboxylic acids is 1. The number of nitrogens with one attached hydrogen (secondary N) is 1. The van der Waals surface area contributed by atoms with Crippen molar-refractivity contribution in [1.29, 1.82) is 0 Å². The van der Waals surface area contributed by atoms with Crippen molar-refractivity contribution < 1.29 is 9.18 Å². The Kier molecular flexibility index (Phi) is 6.42. The smallest absolute Gasteiger partial charge is 0.325 e. The number of imidazole rings is 1. The molecule has 0 aliphatic rings. The zero-order chi connectivity index (χ0) is 26.3. The van der Waals surface area contributed by atoms with Gasteiger partial charge in [-0.05, 0) is 41.8 Å². The second-order valence-corrected chi connectivity index (χ2v) is 9.54. The van der Waals surface area contributed by atoms with Crippen LogP contribution in [0.15, 0.2) is 63.3 Å². The topological polar surface area (TPSA) is 108 Å². The number of aromatic nitrogens is 6. The molecule has 0 aliphatic carbocycles. The Morgan fingerprint density at radius 3 is 2.32 bits per heavy atom. The van der Waals surface area contributed by atoms with E-state index >= 15 is 0 Å². The third kappa shape index (κ3) is 4.44. The number of nitrogens with zero attached hydrogens (tertiary/aromatic N) is 6. The summed E-state index contributed by atoms with van der Waals surface area (Å²) < 4.78 is 19.1. The molecule has 0 atom stereocenters. The number of thioether (sulfide) groups is 1. The van der Waals surface area contributed by atoms with Crippen molar-refractivity contribution in [3.63, 3.8) is 0 Å². The first-order valence-electron chi connectivity index (χ1n) is 11.6. The summed E-state index contributed by atoms with van der Waals surface area (Å²) in [6.07, 6.45) is 0.910. The van der Waals surface area contributed by atoms with Crippen LogP contribution in [0.25, 0.3) is 16.9 Å². The number of carbonyl (C=O) groups is 1. The number of hydrogen-bond acceptors (Lipinski definition) is 6. The van der Waals surface area contributed by atoms with Crippen molar-refractivity contribution in [2.45, 2.75) is 25.0 Å². The molecule has 0 saturated heterocycles. The lowest BCUT2D eigenvalue weighted by Crippen LogP contribution is -2.37. The van der Waals surface area contributed by atoms with Crippen LogP contribution in [0.5, 0.6) is 0 Å². The molecule has 3 heterocycles. The molecule has 0 aliphatic heterocycles. The van der Waals surface area contributed by atoms with Gasteiger partial charge in [0.15, 0.2) is 16.3 Å². The SMILES string of the molecule is CCc1ccc(NC(=O)CSc2nnc3n(Cc4ccc(F)cc4)c4c(=O)n(C)c(=O)n(C)c4n23)cc1. The largest absolute Gasteiger partial charge is 0.332 e. The Balaban J connectivity index is 1.53. The minimum atomic E-state index is -0.503. The minimum absolute atomic E-state index is 0.0414. The van der Waals surface area contributed by atoms with Crippen LogP contribution in [0.1, 0.15) is 18.1 Å². The van der Waals surface area contributed by atoms with Gasteiger partial charge >= 0.3 is 5.69 Å². The molecule has 190 valence electrons. The van der Waals surface area contributed by atoms with E-state index in [4.69, 9.17) is 0 Å². The number of hydrogen-bond donors (Lipinski definition) is 1. The third-order valence-corrected chi connectivity index (χ3v) is 7.11. The van der Waals surface area contributed by atoms with Crippen molar-refractivity contribution in [2.24, 2.45) is 14.1 Å². The highest BCUT2D eigenvalue weighted by Gasteiger charge is 2.24. The van der Waals surface area contributed by atoms with E-state index in [0.717, 1.165) is 28.3 Å². The van der Waals surface area contributed by atoms with Gasteiger partial charge in [-0.3, -0.25) is 23.3 Å². The van der Waals surface area contributed by atoms with Crippen LogP contribution in [0.4, 0.5) is 10.1 Å². The first kappa shape index (κ1) is 24.5. The Morgan fingerprint density at radius 2 is 1.65 bits per heavy atom. The van der Waals surface area contributed by atoms with Crippen molar-refractivity contribution >= 4 is 40.3 Å². The first-order chi connectivity index (χ1) is 17.8.